The Morgan fingerprint density at radius 1 is 1.29 bits per heavy atom. The van der Waals surface area contributed by atoms with Crippen molar-refractivity contribution in [1.82, 2.24) is 16.0 Å². The SMILES string of the molecule is CNC(=O)C(C)(C)CNC(=O)[C@H]1Cc2ccccc2CN1. The van der Waals surface area contributed by atoms with Crippen LogP contribution in [0.15, 0.2) is 24.3 Å². The van der Waals surface area contributed by atoms with Crippen molar-refractivity contribution < 1.29 is 9.59 Å². The molecule has 0 aromatic heterocycles. The average molecular weight is 289 g/mol. The van der Waals surface area contributed by atoms with Gasteiger partial charge in [0.2, 0.25) is 11.8 Å². The molecule has 0 saturated heterocycles. The summed E-state index contributed by atoms with van der Waals surface area (Å²) >= 11 is 0. The van der Waals surface area contributed by atoms with Crippen LogP contribution in [0.1, 0.15) is 25.0 Å². The molecule has 0 radical (unpaired) electrons. The maximum Gasteiger partial charge on any atom is 0.237 e. The fourth-order valence-corrected chi connectivity index (χ4v) is 2.49. The molecule has 21 heavy (non-hydrogen) atoms. The molecular formula is C16H23N3O2. The number of hydrogen-bond donors (Lipinski definition) is 3. The Bertz CT molecular complexity index is 540. The summed E-state index contributed by atoms with van der Waals surface area (Å²) in [5.74, 6) is -0.133. The molecule has 0 fully saturated rings. The lowest BCUT2D eigenvalue weighted by molar-refractivity contribution is -0.129. The molecule has 1 aliphatic heterocycles. The van der Waals surface area contributed by atoms with Crippen molar-refractivity contribution in [2.24, 2.45) is 5.41 Å². The summed E-state index contributed by atoms with van der Waals surface area (Å²) in [5, 5.41) is 8.73. The molecule has 1 atom stereocenters. The van der Waals surface area contributed by atoms with Crippen LogP contribution in [0.2, 0.25) is 0 Å². The van der Waals surface area contributed by atoms with Crippen molar-refractivity contribution in [2.45, 2.75) is 32.9 Å². The molecule has 1 aliphatic rings. The third-order valence-corrected chi connectivity index (χ3v) is 3.94. The van der Waals surface area contributed by atoms with E-state index in [2.05, 4.69) is 28.1 Å². The topological polar surface area (TPSA) is 70.2 Å². The van der Waals surface area contributed by atoms with Crippen LogP contribution in [0.3, 0.4) is 0 Å². The van der Waals surface area contributed by atoms with E-state index in [1.807, 2.05) is 26.0 Å². The van der Waals surface area contributed by atoms with E-state index in [4.69, 9.17) is 0 Å². The van der Waals surface area contributed by atoms with Gasteiger partial charge in [-0.15, -0.1) is 0 Å². The third kappa shape index (κ3) is 3.61. The third-order valence-electron chi connectivity index (χ3n) is 3.94. The molecular weight excluding hydrogens is 266 g/mol. The molecule has 0 bridgehead atoms. The first-order chi connectivity index (χ1) is 9.94. The largest absolute Gasteiger partial charge is 0.359 e. The van der Waals surface area contributed by atoms with Gasteiger partial charge in [0.15, 0.2) is 0 Å². The zero-order chi connectivity index (χ0) is 15.5. The molecule has 2 rings (SSSR count). The van der Waals surface area contributed by atoms with Crippen molar-refractivity contribution in [3.63, 3.8) is 0 Å². The molecule has 114 valence electrons. The highest BCUT2D eigenvalue weighted by molar-refractivity contribution is 5.85. The number of rotatable bonds is 4. The van der Waals surface area contributed by atoms with Gasteiger partial charge in [-0.25, -0.2) is 0 Å². The van der Waals surface area contributed by atoms with Crippen molar-refractivity contribution in [2.75, 3.05) is 13.6 Å². The molecule has 1 aromatic rings. The lowest BCUT2D eigenvalue weighted by Crippen LogP contribution is -2.51. The summed E-state index contributed by atoms with van der Waals surface area (Å²) in [6, 6.07) is 7.90. The Morgan fingerprint density at radius 3 is 2.62 bits per heavy atom. The minimum atomic E-state index is -0.614. The molecule has 0 saturated carbocycles. The highest BCUT2D eigenvalue weighted by Crippen LogP contribution is 2.17. The lowest BCUT2D eigenvalue weighted by Gasteiger charge is -2.28. The molecule has 0 aliphatic carbocycles. The van der Waals surface area contributed by atoms with Gasteiger partial charge in [-0.3, -0.25) is 9.59 Å². The van der Waals surface area contributed by atoms with Crippen LogP contribution in [-0.2, 0) is 22.6 Å². The number of carbonyl (C=O) groups is 2. The van der Waals surface area contributed by atoms with Crippen molar-refractivity contribution in [3.05, 3.63) is 35.4 Å². The Kier molecular flexibility index (Phi) is 4.63. The molecule has 0 spiro atoms. The summed E-state index contributed by atoms with van der Waals surface area (Å²) in [5.41, 5.74) is 1.84. The van der Waals surface area contributed by atoms with E-state index >= 15 is 0 Å². The Labute approximate surface area is 125 Å². The summed E-state index contributed by atoms with van der Waals surface area (Å²) in [4.78, 5) is 24.0. The first kappa shape index (κ1) is 15.5. The van der Waals surface area contributed by atoms with Gasteiger partial charge in [0.05, 0.1) is 11.5 Å². The molecule has 1 heterocycles. The van der Waals surface area contributed by atoms with Crippen molar-refractivity contribution >= 4 is 11.8 Å². The zero-order valence-electron chi connectivity index (χ0n) is 12.8. The molecule has 5 heteroatoms. The zero-order valence-corrected chi connectivity index (χ0v) is 12.8. The van der Waals surface area contributed by atoms with Crippen LogP contribution >= 0.6 is 0 Å². The fraction of sp³-hybridized carbons (Fsp3) is 0.500. The van der Waals surface area contributed by atoms with E-state index in [0.717, 1.165) is 0 Å². The number of benzene rings is 1. The van der Waals surface area contributed by atoms with Gasteiger partial charge >= 0.3 is 0 Å². The summed E-state index contributed by atoms with van der Waals surface area (Å²) < 4.78 is 0. The number of amides is 2. The monoisotopic (exact) mass is 289 g/mol. The van der Waals surface area contributed by atoms with Crippen LogP contribution in [-0.4, -0.2) is 31.4 Å². The van der Waals surface area contributed by atoms with Gasteiger partial charge in [-0.2, -0.15) is 0 Å². The van der Waals surface area contributed by atoms with E-state index in [1.165, 1.54) is 11.1 Å². The smallest absolute Gasteiger partial charge is 0.237 e. The van der Waals surface area contributed by atoms with E-state index in [9.17, 15) is 9.59 Å². The fourth-order valence-electron chi connectivity index (χ4n) is 2.49. The minimum absolute atomic E-state index is 0.0542. The van der Waals surface area contributed by atoms with E-state index in [1.54, 1.807) is 7.05 Å². The first-order valence-corrected chi connectivity index (χ1v) is 7.24. The molecule has 2 amide bonds. The van der Waals surface area contributed by atoms with E-state index in [-0.39, 0.29) is 17.9 Å². The maximum absolute atomic E-state index is 12.3. The van der Waals surface area contributed by atoms with Crippen molar-refractivity contribution in [1.29, 1.82) is 0 Å². The van der Waals surface area contributed by atoms with Crippen LogP contribution in [0.4, 0.5) is 0 Å². The predicted octanol–water partition coefficient (Wildman–Crippen LogP) is 0.589. The van der Waals surface area contributed by atoms with Gasteiger partial charge in [-0.1, -0.05) is 24.3 Å². The number of carbonyl (C=O) groups excluding carboxylic acids is 2. The predicted molar refractivity (Wildman–Crippen MR) is 81.6 cm³/mol. The maximum atomic E-state index is 12.3. The number of fused-ring (bicyclic) bond motifs is 1. The van der Waals surface area contributed by atoms with Gasteiger partial charge in [-0.05, 0) is 31.4 Å². The Hall–Kier alpha value is -1.88. The second-order valence-corrected chi connectivity index (χ2v) is 6.09. The minimum Gasteiger partial charge on any atom is -0.359 e. The normalized spacial score (nSPS) is 17.8. The highest BCUT2D eigenvalue weighted by atomic mass is 16.2. The number of hydrogen-bond acceptors (Lipinski definition) is 3. The van der Waals surface area contributed by atoms with Gasteiger partial charge in [0, 0.05) is 20.1 Å². The molecule has 5 nitrogen and oxygen atoms in total. The van der Waals surface area contributed by atoms with Gasteiger partial charge in [0.25, 0.3) is 0 Å². The standard InChI is InChI=1S/C16H23N3O2/c1-16(2,15(21)17-3)10-19-14(20)13-8-11-6-4-5-7-12(11)9-18-13/h4-7,13,18H,8-10H2,1-3H3,(H,17,21)(H,19,20)/t13-/m1/s1. The van der Waals surface area contributed by atoms with Crippen LogP contribution in [0, 0.1) is 5.41 Å². The van der Waals surface area contributed by atoms with Crippen LogP contribution < -0.4 is 16.0 Å². The quantitative estimate of drug-likeness (QED) is 0.760. The van der Waals surface area contributed by atoms with Crippen LogP contribution in [0.5, 0.6) is 0 Å². The number of nitrogens with one attached hydrogen (secondary N) is 3. The summed E-state index contributed by atoms with van der Waals surface area (Å²) in [7, 11) is 1.60. The lowest BCUT2D eigenvalue weighted by atomic mass is 9.91. The molecule has 3 N–H and O–H groups in total. The second kappa shape index (κ2) is 6.26. The summed E-state index contributed by atoms with van der Waals surface area (Å²) in [6.45, 7) is 4.66. The molecule has 1 aromatic carbocycles. The van der Waals surface area contributed by atoms with E-state index < -0.39 is 5.41 Å². The van der Waals surface area contributed by atoms with Crippen molar-refractivity contribution in [3.8, 4) is 0 Å². The summed E-state index contributed by atoms with van der Waals surface area (Å²) in [6.07, 6.45) is 0.683. The Morgan fingerprint density at radius 2 is 1.95 bits per heavy atom. The Balaban J connectivity index is 1.92. The first-order valence-electron chi connectivity index (χ1n) is 7.24. The highest BCUT2D eigenvalue weighted by Gasteiger charge is 2.29. The van der Waals surface area contributed by atoms with E-state index in [0.29, 0.717) is 19.5 Å². The molecule has 0 unspecified atom stereocenters. The van der Waals surface area contributed by atoms with Gasteiger partial charge < -0.3 is 16.0 Å². The van der Waals surface area contributed by atoms with Gasteiger partial charge in [0.1, 0.15) is 0 Å². The second-order valence-electron chi connectivity index (χ2n) is 6.09. The van der Waals surface area contributed by atoms with Crippen LogP contribution in [0.25, 0.3) is 0 Å². The average Bonchev–Trinajstić information content (AvgIpc) is 2.51.